The van der Waals surface area contributed by atoms with Crippen LogP contribution in [0.25, 0.3) is 5.69 Å². The van der Waals surface area contributed by atoms with Crippen molar-refractivity contribution in [2.24, 2.45) is 5.73 Å². The Morgan fingerprint density at radius 3 is 2.85 bits per heavy atom. The zero-order valence-corrected chi connectivity index (χ0v) is 12.3. The highest BCUT2D eigenvalue weighted by Gasteiger charge is 2.11. The predicted molar refractivity (Wildman–Crippen MR) is 79.0 cm³/mol. The van der Waals surface area contributed by atoms with Crippen LogP contribution in [-0.4, -0.2) is 45.2 Å². The van der Waals surface area contributed by atoms with Crippen LogP contribution in [0.15, 0.2) is 35.5 Å². The smallest absolute Gasteiger partial charge is 0.214 e. The standard InChI is InChI=1S/C13H19N5OS/c1-2-19-12(10-14)8-9-20-13-15-16-17-18(13)11-6-4-3-5-7-11/h3-7,12H,2,8-10,14H2,1H3. The first-order valence-corrected chi connectivity index (χ1v) is 7.62. The summed E-state index contributed by atoms with van der Waals surface area (Å²) in [5.74, 6) is 0.870. The minimum Gasteiger partial charge on any atom is -0.377 e. The summed E-state index contributed by atoms with van der Waals surface area (Å²) in [5, 5.41) is 12.6. The molecule has 2 aromatic rings. The van der Waals surface area contributed by atoms with E-state index in [1.807, 2.05) is 37.3 Å². The lowest BCUT2D eigenvalue weighted by molar-refractivity contribution is 0.0674. The molecule has 0 saturated carbocycles. The molecule has 6 nitrogen and oxygen atoms in total. The van der Waals surface area contributed by atoms with Gasteiger partial charge in [-0.2, -0.15) is 4.68 Å². The third-order valence-corrected chi connectivity index (χ3v) is 3.73. The van der Waals surface area contributed by atoms with Crippen molar-refractivity contribution in [1.82, 2.24) is 20.2 Å². The summed E-state index contributed by atoms with van der Waals surface area (Å²) in [6.45, 7) is 3.21. The van der Waals surface area contributed by atoms with Crippen molar-refractivity contribution in [3.05, 3.63) is 30.3 Å². The Balaban J connectivity index is 1.93. The van der Waals surface area contributed by atoms with Crippen molar-refractivity contribution < 1.29 is 4.74 Å². The topological polar surface area (TPSA) is 78.8 Å². The Hall–Kier alpha value is -1.44. The molecule has 0 fully saturated rings. The second kappa shape index (κ2) is 7.98. The van der Waals surface area contributed by atoms with Crippen molar-refractivity contribution >= 4 is 11.8 Å². The number of tetrazole rings is 1. The monoisotopic (exact) mass is 293 g/mol. The van der Waals surface area contributed by atoms with Crippen LogP contribution >= 0.6 is 11.8 Å². The van der Waals surface area contributed by atoms with E-state index in [9.17, 15) is 0 Å². The van der Waals surface area contributed by atoms with Gasteiger partial charge in [0.25, 0.3) is 0 Å². The molecule has 2 N–H and O–H groups in total. The number of hydrogen-bond acceptors (Lipinski definition) is 6. The van der Waals surface area contributed by atoms with Crippen LogP contribution in [0.3, 0.4) is 0 Å². The van der Waals surface area contributed by atoms with E-state index in [0.717, 1.165) is 23.0 Å². The van der Waals surface area contributed by atoms with Crippen LogP contribution in [-0.2, 0) is 4.74 Å². The summed E-state index contributed by atoms with van der Waals surface area (Å²) in [6, 6.07) is 9.84. The molecule has 0 saturated heterocycles. The minimum atomic E-state index is 0.105. The Morgan fingerprint density at radius 1 is 1.35 bits per heavy atom. The van der Waals surface area contributed by atoms with Gasteiger partial charge in [0, 0.05) is 18.9 Å². The maximum Gasteiger partial charge on any atom is 0.214 e. The largest absolute Gasteiger partial charge is 0.377 e. The third-order valence-electron chi connectivity index (χ3n) is 2.78. The van der Waals surface area contributed by atoms with E-state index in [1.165, 1.54) is 0 Å². The second-order valence-electron chi connectivity index (χ2n) is 4.16. The van der Waals surface area contributed by atoms with E-state index in [4.69, 9.17) is 10.5 Å². The Labute approximate surface area is 122 Å². The lowest BCUT2D eigenvalue weighted by Gasteiger charge is -2.13. The van der Waals surface area contributed by atoms with Crippen LogP contribution in [0.4, 0.5) is 0 Å². The molecule has 20 heavy (non-hydrogen) atoms. The Bertz CT molecular complexity index is 504. The lowest BCUT2D eigenvalue weighted by atomic mass is 10.3. The lowest BCUT2D eigenvalue weighted by Crippen LogP contribution is -2.24. The Kier molecular flexibility index (Phi) is 5.97. The van der Waals surface area contributed by atoms with E-state index in [0.29, 0.717) is 13.2 Å². The molecule has 0 aliphatic heterocycles. The van der Waals surface area contributed by atoms with E-state index >= 15 is 0 Å². The summed E-state index contributed by atoms with van der Waals surface area (Å²) >= 11 is 1.61. The van der Waals surface area contributed by atoms with Gasteiger partial charge in [-0.05, 0) is 35.9 Å². The molecule has 7 heteroatoms. The van der Waals surface area contributed by atoms with Crippen molar-refractivity contribution in [2.45, 2.75) is 24.6 Å². The van der Waals surface area contributed by atoms with Crippen molar-refractivity contribution in [2.75, 3.05) is 18.9 Å². The van der Waals surface area contributed by atoms with Gasteiger partial charge in [0.05, 0.1) is 11.8 Å². The van der Waals surface area contributed by atoms with Crippen LogP contribution < -0.4 is 5.73 Å². The van der Waals surface area contributed by atoms with E-state index in [-0.39, 0.29) is 6.10 Å². The van der Waals surface area contributed by atoms with E-state index < -0.39 is 0 Å². The zero-order valence-electron chi connectivity index (χ0n) is 11.5. The number of benzene rings is 1. The predicted octanol–water partition coefficient (Wildman–Crippen LogP) is 1.51. The third kappa shape index (κ3) is 4.03. The minimum absolute atomic E-state index is 0.105. The number of nitrogens with zero attached hydrogens (tertiary/aromatic N) is 4. The molecular formula is C13H19N5OS. The first-order chi connectivity index (χ1) is 9.85. The SMILES string of the molecule is CCOC(CN)CCSc1nnnn1-c1ccccc1. The number of rotatable bonds is 8. The van der Waals surface area contributed by atoms with Crippen LogP contribution in [0.5, 0.6) is 0 Å². The molecule has 1 unspecified atom stereocenters. The summed E-state index contributed by atoms with van der Waals surface area (Å²) in [6.07, 6.45) is 0.991. The molecule has 1 atom stereocenters. The van der Waals surface area contributed by atoms with Crippen molar-refractivity contribution in [3.8, 4) is 5.69 Å². The molecule has 0 spiro atoms. The molecule has 108 valence electrons. The highest BCUT2D eigenvalue weighted by Crippen LogP contribution is 2.19. The maximum atomic E-state index is 5.66. The number of nitrogens with two attached hydrogens (primary N) is 1. The molecule has 1 aromatic heterocycles. The molecule has 0 amide bonds. The van der Waals surface area contributed by atoms with Gasteiger partial charge in [0.2, 0.25) is 5.16 Å². The number of ether oxygens (including phenoxy) is 1. The fourth-order valence-electron chi connectivity index (χ4n) is 1.79. The van der Waals surface area contributed by atoms with Crippen LogP contribution in [0, 0.1) is 0 Å². The van der Waals surface area contributed by atoms with E-state index in [2.05, 4.69) is 15.5 Å². The van der Waals surface area contributed by atoms with Gasteiger partial charge >= 0.3 is 0 Å². The van der Waals surface area contributed by atoms with Crippen molar-refractivity contribution in [1.29, 1.82) is 0 Å². The summed E-state index contributed by atoms with van der Waals surface area (Å²) in [4.78, 5) is 0. The molecule has 0 aliphatic carbocycles. The second-order valence-corrected chi connectivity index (χ2v) is 5.22. The number of thioether (sulfide) groups is 1. The highest BCUT2D eigenvalue weighted by molar-refractivity contribution is 7.99. The van der Waals surface area contributed by atoms with E-state index in [1.54, 1.807) is 16.4 Å². The fourth-order valence-corrected chi connectivity index (χ4v) is 2.71. The quantitative estimate of drug-likeness (QED) is 0.743. The van der Waals surface area contributed by atoms with Gasteiger partial charge in [-0.25, -0.2) is 0 Å². The van der Waals surface area contributed by atoms with Crippen LogP contribution in [0.2, 0.25) is 0 Å². The molecular weight excluding hydrogens is 274 g/mol. The zero-order chi connectivity index (χ0) is 14.2. The van der Waals surface area contributed by atoms with Gasteiger partial charge in [0.15, 0.2) is 0 Å². The summed E-state index contributed by atoms with van der Waals surface area (Å²) in [5.41, 5.74) is 6.62. The number of hydrogen-bond donors (Lipinski definition) is 1. The van der Waals surface area contributed by atoms with Gasteiger partial charge in [-0.15, -0.1) is 5.10 Å². The van der Waals surface area contributed by atoms with Gasteiger partial charge in [-0.1, -0.05) is 30.0 Å². The fraction of sp³-hybridized carbons (Fsp3) is 0.462. The van der Waals surface area contributed by atoms with Gasteiger partial charge in [-0.3, -0.25) is 0 Å². The maximum absolute atomic E-state index is 5.66. The average molecular weight is 293 g/mol. The molecule has 0 aliphatic rings. The average Bonchev–Trinajstić information content (AvgIpc) is 2.95. The first kappa shape index (κ1) is 15.0. The molecule has 0 bridgehead atoms. The van der Waals surface area contributed by atoms with Gasteiger partial charge < -0.3 is 10.5 Å². The molecule has 0 radical (unpaired) electrons. The highest BCUT2D eigenvalue weighted by atomic mass is 32.2. The normalized spacial score (nSPS) is 12.5. The van der Waals surface area contributed by atoms with Crippen LogP contribution in [0.1, 0.15) is 13.3 Å². The molecule has 1 aromatic carbocycles. The number of para-hydroxylation sites is 1. The number of aromatic nitrogens is 4. The molecule has 2 rings (SSSR count). The summed E-state index contributed by atoms with van der Waals surface area (Å²) < 4.78 is 7.27. The van der Waals surface area contributed by atoms with Gasteiger partial charge in [0.1, 0.15) is 0 Å². The Morgan fingerprint density at radius 2 is 2.15 bits per heavy atom. The molecule has 1 heterocycles. The van der Waals surface area contributed by atoms with Crippen molar-refractivity contribution in [3.63, 3.8) is 0 Å². The first-order valence-electron chi connectivity index (χ1n) is 6.63. The summed E-state index contributed by atoms with van der Waals surface area (Å²) in [7, 11) is 0.